The van der Waals surface area contributed by atoms with Gasteiger partial charge in [-0.25, -0.2) is 9.18 Å². The highest BCUT2D eigenvalue weighted by Gasteiger charge is 2.32. The minimum absolute atomic E-state index is 0.0802. The van der Waals surface area contributed by atoms with Gasteiger partial charge in [0.1, 0.15) is 11.9 Å². The van der Waals surface area contributed by atoms with Gasteiger partial charge in [-0.2, -0.15) is 0 Å². The number of rotatable bonds is 5. The third kappa shape index (κ3) is 4.45. The van der Waals surface area contributed by atoms with Gasteiger partial charge < -0.3 is 14.4 Å². The summed E-state index contributed by atoms with van der Waals surface area (Å²) in [4.78, 5) is 25.3. The molecule has 1 amide bonds. The lowest BCUT2D eigenvalue weighted by Crippen LogP contribution is -2.43. The van der Waals surface area contributed by atoms with Crippen molar-refractivity contribution in [3.8, 4) is 11.1 Å². The number of methoxy groups -OCH3 is 1. The minimum Gasteiger partial charge on any atom is -0.469 e. The molecule has 1 heterocycles. The second-order valence-corrected chi connectivity index (χ2v) is 6.57. The van der Waals surface area contributed by atoms with Crippen molar-refractivity contribution in [3.63, 3.8) is 0 Å². The lowest BCUT2D eigenvalue weighted by Gasteiger charge is -2.35. The number of amides is 1. The van der Waals surface area contributed by atoms with E-state index in [-0.39, 0.29) is 24.2 Å². The summed E-state index contributed by atoms with van der Waals surface area (Å²) >= 11 is 0. The zero-order valence-electron chi connectivity index (χ0n) is 15.4. The summed E-state index contributed by atoms with van der Waals surface area (Å²) in [6, 6.07) is 14.0. The summed E-state index contributed by atoms with van der Waals surface area (Å²) in [5, 5.41) is 0. The molecule has 2 atom stereocenters. The van der Waals surface area contributed by atoms with Gasteiger partial charge in [-0.1, -0.05) is 36.4 Å². The molecule has 0 bridgehead atoms. The van der Waals surface area contributed by atoms with Crippen molar-refractivity contribution < 1.29 is 23.5 Å². The molecular formula is C21H22FNO4. The molecule has 1 aliphatic rings. The van der Waals surface area contributed by atoms with Crippen LogP contribution in [0.1, 0.15) is 31.4 Å². The van der Waals surface area contributed by atoms with Crippen LogP contribution in [0.15, 0.2) is 48.5 Å². The van der Waals surface area contributed by atoms with Gasteiger partial charge in [0, 0.05) is 13.0 Å². The quantitative estimate of drug-likeness (QED) is 0.734. The second kappa shape index (κ2) is 8.20. The van der Waals surface area contributed by atoms with Gasteiger partial charge in [0.25, 0.3) is 0 Å². The molecule has 0 spiro atoms. The Kier molecular flexibility index (Phi) is 5.74. The monoisotopic (exact) mass is 371 g/mol. The number of hydrogen-bond donors (Lipinski definition) is 0. The molecule has 5 nitrogen and oxygen atoms in total. The Morgan fingerprint density at radius 2 is 1.78 bits per heavy atom. The number of halogens is 1. The SMILES string of the molecule is COC(=O)CC1CCN(C(C)c2ccc(-c3ccc(F)cc3)cc2)C(=O)O1. The molecule has 1 fully saturated rings. The average Bonchev–Trinajstić information content (AvgIpc) is 2.68. The Morgan fingerprint density at radius 1 is 1.19 bits per heavy atom. The predicted molar refractivity (Wildman–Crippen MR) is 98.5 cm³/mol. The molecule has 0 aromatic heterocycles. The lowest BCUT2D eigenvalue weighted by molar-refractivity contribution is -0.143. The minimum atomic E-state index is -0.436. The largest absolute Gasteiger partial charge is 0.469 e. The zero-order chi connectivity index (χ0) is 19.4. The van der Waals surface area contributed by atoms with Gasteiger partial charge in [-0.15, -0.1) is 0 Å². The third-order valence-corrected chi connectivity index (χ3v) is 4.85. The number of hydrogen-bond acceptors (Lipinski definition) is 4. The molecule has 6 heteroatoms. The first kappa shape index (κ1) is 18.9. The predicted octanol–water partition coefficient (Wildman–Crippen LogP) is 4.33. The van der Waals surface area contributed by atoms with E-state index in [1.54, 1.807) is 17.0 Å². The van der Waals surface area contributed by atoms with Crippen molar-refractivity contribution in [3.05, 3.63) is 59.9 Å². The van der Waals surface area contributed by atoms with Gasteiger partial charge in [-0.3, -0.25) is 4.79 Å². The Hall–Kier alpha value is -2.89. The average molecular weight is 371 g/mol. The number of cyclic esters (lactones) is 1. The maximum absolute atomic E-state index is 13.1. The van der Waals surface area contributed by atoms with Gasteiger partial charge >= 0.3 is 12.1 Å². The van der Waals surface area contributed by atoms with Crippen LogP contribution in [0.25, 0.3) is 11.1 Å². The van der Waals surface area contributed by atoms with E-state index in [9.17, 15) is 14.0 Å². The van der Waals surface area contributed by atoms with Crippen molar-refractivity contribution >= 4 is 12.1 Å². The molecule has 3 rings (SSSR count). The first-order valence-corrected chi connectivity index (χ1v) is 8.88. The van der Waals surface area contributed by atoms with Gasteiger partial charge in [0.2, 0.25) is 0 Å². The molecule has 2 aromatic rings. The summed E-state index contributed by atoms with van der Waals surface area (Å²) in [6.07, 6.45) is -0.199. The molecule has 2 unspecified atom stereocenters. The van der Waals surface area contributed by atoms with E-state index in [4.69, 9.17) is 4.74 Å². The summed E-state index contributed by atoms with van der Waals surface area (Å²) in [6.45, 7) is 2.45. The second-order valence-electron chi connectivity index (χ2n) is 6.57. The van der Waals surface area contributed by atoms with Crippen LogP contribution in [0.2, 0.25) is 0 Å². The van der Waals surface area contributed by atoms with Crippen molar-refractivity contribution in [1.82, 2.24) is 4.90 Å². The molecule has 0 saturated carbocycles. The van der Waals surface area contributed by atoms with Crippen molar-refractivity contribution in [2.75, 3.05) is 13.7 Å². The van der Waals surface area contributed by atoms with E-state index in [0.29, 0.717) is 13.0 Å². The fourth-order valence-electron chi connectivity index (χ4n) is 3.18. The Balaban J connectivity index is 1.65. The number of nitrogens with zero attached hydrogens (tertiary/aromatic N) is 1. The number of carbonyl (C=O) groups excluding carboxylic acids is 2. The van der Waals surface area contributed by atoms with Gasteiger partial charge in [0.15, 0.2) is 0 Å². The van der Waals surface area contributed by atoms with E-state index in [2.05, 4.69) is 4.74 Å². The molecule has 0 radical (unpaired) electrons. The number of carbonyl (C=O) groups is 2. The molecule has 142 valence electrons. The molecule has 0 N–H and O–H groups in total. The summed E-state index contributed by atoms with van der Waals surface area (Å²) in [7, 11) is 1.32. The topological polar surface area (TPSA) is 55.8 Å². The lowest BCUT2D eigenvalue weighted by atomic mass is 10.00. The van der Waals surface area contributed by atoms with Crippen molar-refractivity contribution in [2.24, 2.45) is 0 Å². The Labute approximate surface area is 157 Å². The summed E-state index contributed by atoms with van der Waals surface area (Å²) < 4.78 is 23.0. The van der Waals surface area contributed by atoms with Crippen LogP contribution < -0.4 is 0 Å². The van der Waals surface area contributed by atoms with E-state index in [1.165, 1.54) is 19.2 Å². The number of esters is 1. The molecule has 27 heavy (non-hydrogen) atoms. The van der Waals surface area contributed by atoms with E-state index in [1.807, 2.05) is 31.2 Å². The normalized spacial score (nSPS) is 18.0. The first-order chi connectivity index (χ1) is 13.0. The number of benzene rings is 2. The fraction of sp³-hybridized carbons (Fsp3) is 0.333. The molecule has 0 aliphatic carbocycles. The molecule has 1 saturated heterocycles. The molecule has 1 aliphatic heterocycles. The highest BCUT2D eigenvalue weighted by molar-refractivity contribution is 5.73. The smallest absolute Gasteiger partial charge is 0.410 e. The number of ether oxygens (including phenoxy) is 2. The maximum Gasteiger partial charge on any atom is 0.410 e. The summed E-state index contributed by atoms with van der Waals surface area (Å²) in [5.74, 6) is -0.649. The van der Waals surface area contributed by atoms with Crippen LogP contribution in [0.5, 0.6) is 0 Å². The molecular weight excluding hydrogens is 349 g/mol. The maximum atomic E-state index is 13.1. The van der Waals surface area contributed by atoms with E-state index < -0.39 is 12.2 Å². The fourth-order valence-corrected chi connectivity index (χ4v) is 3.18. The van der Waals surface area contributed by atoms with Crippen LogP contribution in [0.3, 0.4) is 0 Å². The van der Waals surface area contributed by atoms with Crippen LogP contribution in [0, 0.1) is 5.82 Å². The van der Waals surface area contributed by atoms with Gasteiger partial charge in [-0.05, 0) is 35.7 Å². The zero-order valence-corrected chi connectivity index (χ0v) is 15.4. The van der Waals surface area contributed by atoms with E-state index in [0.717, 1.165) is 16.7 Å². The molecule has 2 aromatic carbocycles. The third-order valence-electron chi connectivity index (χ3n) is 4.85. The first-order valence-electron chi connectivity index (χ1n) is 8.88. The highest BCUT2D eigenvalue weighted by Crippen LogP contribution is 2.28. The van der Waals surface area contributed by atoms with Crippen LogP contribution >= 0.6 is 0 Å². The Bertz CT molecular complexity index is 804. The van der Waals surface area contributed by atoms with Gasteiger partial charge in [0.05, 0.1) is 19.6 Å². The standard InChI is InChI=1S/C21H22FNO4/c1-14(23-12-11-19(27-21(23)25)13-20(24)26-2)15-3-5-16(6-4-15)17-7-9-18(22)10-8-17/h3-10,14,19H,11-13H2,1-2H3. The van der Waals surface area contributed by atoms with Crippen LogP contribution in [-0.4, -0.2) is 36.7 Å². The van der Waals surface area contributed by atoms with Crippen molar-refractivity contribution in [2.45, 2.75) is 31.9 Å². The van der Waals surface area contributed by atoms with Crippen LogP contribution in [-0.2, 0) is 14.3 Å². The highest BCUT2D eigenvalue weighted by atomic mass is 19.1. The summed E-state index contributed by atoms with van der Waals surface area (Å²) in [5.41, 5.74) is 2.88. The van der Waals surface area contributed by atoms with Crippen LogP contribution in [0.4, 0.5) is 9.18 Å². The Morgan fingerprint density at radius 3 is 2.33 bits per heavy atom. The van der Waals surface area contributed by atoms with Crippen molar-refractivity contribution in [1.29, 1.82) is 0 Å². The van der Waals surface area contributed by atoms with E-state index >= 15 is 0 Å².